The SMILES string of the molecule is CCONC(=O)[C@H]1CC(=O)N(c2ccc3c(c2)OCO3)C1. The van der Waals surface area contributed by atoms with Crippen LogP contribution < -0.4 is 19.9 Å². The van der Waals surface area contributed by atoms with Crippen molar-refractivity contribution in [1.29, 1.82) is 0 Å². The Labute approximate surface area is 121 Å². The average Bonchev–Trinajstić information content (AvgIpc) is 3.10. The number of ether oxygens (including phenoxy) is 2. The van der Waals surface area contributed by atoms with Crippen molar-refractivity contribution in [2.45, 2.75) is 13.3 Å². The van der Waals surface area contributed by atoms with Gasteiger partial charge in [0.1, 0.15) is 0 Å². The van der Waals surface area contributed by atoms with E-state index < -0.39 is 5.92 Å². The van der Waals surface area contributed by atoms with E-state index in [1.807, 2.05) is 0 Å². The van der Waals surface area contributed by atoms with Gasteiger partial charge in [-0.1, -0.05) is 0 Å². The second kappa shape index (κ2) is 5.61. The summed E-state index contributed by atoms with van der Waals surface area (Å²) < 4.78 is 10.5. The molecule has 21 heavy (non-hydrogen) atoms. The summed E-state index contributed by atoms with van der Waals surface area (Å²) in [5.41, 5.74) is 3.05. The molecule has 0 bridgehead atoms. The van der Waals surface area contributed by atoms with Gasteiger partial charge in [-0.2, -0.15) is 0 Å². The van der Waals surface area contributed by atoms with Crippen molar-refractivity contribution in [2.24, 2.45) is 5.92 Å². The van der Waals surface area contributed by atoms with Gasteiger partial charge in [0.05, 0.1) is 12.5 Å². The number of rotatable bonds is 4. The molecule has 0 spiro atoms. The summed E-state index contributed by atoms with van der Waals surface area (Å²) in [6.07, 6.45) is 0.174. The van der Waals surface area contributed by atoms with Crippen molar-refractivity contribution in [3.05, 3.63) is 18.2 Å². The zero-order valence-corrected chi connectivity index (χ0v) is 11.6. The van der Waals surface area contributed by atoms with Crippen LogP contribution >= 0.6 is 0 Å². The molecule has 2 aliphatic rings. The summed E-state index contributed by atoms with van der Waals surface area (Å²) in [6.45, 7) is 2.68. The van der Waals surface area contributed by atoms with Gasteiger partial charge in [-0.05, 0) is 19.1 Å². The van der Waals surface area contributed by atoms with E-state index in [9.17, 15) is 9.59 Å². The molecule has 7 heteroatoms. The quantitative estimate of drug-likeness (QED) is 0.832. The molecule has 1 saturated heterocycles. The summed E-state index contributed by atoms with van der Waals surface area (Å²) in [5, 5.41) is 0. The van der Waals surface area contributed by atoms with E-state index in [2.05, 4.69) is 5.48 Å². The van der Waals surface area contributed by atoms with Crippen LogP contribution in [0.5, 0.6) is 11.5 Å². The Morgan fingerprint density at radius 1 is 1.43 bits per heavy atom. The Kier molecular flexibility index (Phi) is 3.66. The van der Waals surface area contributed by atoms with Gasteiger partial charge < -0.3 is 14.4 Å². The maximum absolute atomic E-state index is 12.1. The molecule has 2 amide bonds. The van der Waals surface area contributed by atoms with Gasteiger partial charge in [0, 0.05) is 24.7 Å². The van der Waals surface area contributed by atoms with Crippen LogP contribution in [0.1, 0.15) is 13.3 Å². The normalized spacial score (nSPS) is 20.0. The van der Waals surface area contributed by atoms with Crippen LogP contribution in [-0.2, 0) is 14.4 Å². The van der Waals surface area contributed by atoms with Crippen molar-refractivity contribution < 1.29 is 23.9 Å². The standard InChI is InChI=1S/C14H16N2O5/c1-2-21-15-14(18)9-5-13(17)16(7-9)10-3-4-11-12(6-10)20-8-19-11/h3-4,6,9H,2,5,7-8H2,1H3,(H,15,18)/t9-/m0/s1. The van der Waals surface area contributed by atoms with Crippen LogP contribution in [0.15, 0.2) is 18.2 Å². The van der Waals surface area contributed by atoms with E-state index in [4.69, 9.17) is 14.3 Å². The van der Waals surface area contributed by atoms with Crippen LogP contribution in [0.3, 0.4) is 0 Å². The van der Waals surface area contributed by atoms with Crippen molar-refractivity contribution in [3.63, 3.8) is 0 Å². The number of benzene rings is 1. The Balaban J connectivity index is 1.72. The lowest BCUT2D eigenvalue weighted by Gasteiger charge is -2.17. The number of amides is 2. The molecule has 1 N–H and O–H groups in total. The van der Waals surface area contributed by atoms with Crippen LogP contribution in [0, 0.1) is 5.92 Å². The van der Waals surface area contributed by atoms with E-state index in [-0.39, 0.29) is 25.0 Å². The third-order valence-corrected chi connectivity index (χ3v) is 3.48. The molecule has 7 nitrogen and oxygen atoms in total. The number of fused-ring (bicyclic) bond motifs is 1. The molecular weight excluding hydrogens is 276 g/mol. The van der Waals surface area contributed by atoms with Gasteiger partial charge in [0.15, 0.2) is 11.5 Å². The number of carbonyl (C=O) groups excluding carboxylic acids is 2. The molecule has 2 aliphatic heterocycles. The van der Waals surface area contributed by atoms with E-state index in [0.717, 1.165) is 0 Å². The fourth-order valence-corrected chi connectivity index (χ4v) is 2.41. The first-order valence-corrected chi connectivity index (χ1v) is 6.80. The first-order chi connectivity index (χ1) is 10.2. The van der Waals surface area contributed by atoms with Crippen LogP contribution in [0.4, 0.5) is 5.69 Å². The fourth-order valence-electron chi connectivity index (χ4n) is 2.41. The second-order valence-electron chi connectivity index (χ2n) is 4.84. The Hall–Kier alpha value is -2.28. The highest BCUT2D eigenvalue weighted by molar-refractivity contribution is 6.00. The molecular formula is C14H16N2O5. The predicted octanol–water partition coefficient (Wildman–Crippen LogP) is 0.836. The first kappa shape index (κ1) is 13.7. The minimum Gasteiger partial charge on any atom is -0.454 e. The largest absolute Gasteiger partial charge is 0.454 e. The van der Waals surface area contributed by atoms with Gasteiger partial charge in [0.25, 0.3) is 0 Å². The lowest BCUT2D eigenvalue weighted by atomic mass is 10.1. The molecule has 0 aliphatic carbocycles. The molecule has 1 aromatic carbocycles. The van der Waals surface area contributed by atoms with Crippen molar-refractivity contribution >= 4 is 17.5 Å². The smallest absolute Gasteiger partial charge is 0.248 e. The third kappa shape index (κ3) is 2.64. The topological polar surface area (TPSA) is 77.1 Å². The summed E-state index contributed by atoms with van der Waals surface area (Å²) in [4.78, 5) is 30.4. The minimum atomic E-state index is -0.408. The predicted molar refractivity (Wildman–Crippen MR) is 72.8 cm³/mol. The molecule has 1 aromatic rings. The van der Waals surface area contributed by atoms with Gasteiger partial charge in [-0.15, -0.1) is 0 Å². The number of hydrogen-bond acceptors (Lipinski definition) is 5. The van der Waals surface area contributed by atoms with Gasteiger partial charge in [-0.3, -0.25) is 14.4 Å². The Morgan fingerprint density at radius 2 is 2.24 bits per heavy atom. The lowest BCUT2D eigenvalue weighted by Crippen LogP contribution is -2.33. The number of anilines is 1. The van der Waals surface area contributed by atoms with E-state index >= 15 is 0 Å². The third-order valence-electron chi connectivity index (χ3n) is 3.48. The summed E-state index contributed by atoms with van der Waals surface area (Å²) in [6, 6.07) is 5.30. The fraction of sp³-hybridized carbons (Fsp3) is 0.429. The zero-order valence-electron chi connectivity index (χ0n) is 11.6. The molecule has 3 rings (SSSR count). The Morgan fingerprint density at radius 3 is 3.05 bits per heavy atom. The molecule has 0 saturated carbocycles. The van der Waals surface area contributed by atoms with E-state index in [0.29, 0.717) is 30.3 Å². The molecule has 0 unspecified atom stereocenters. The molecule has 0 aromatic heterocycles. The zero-order chi connectivity index (χ0) is 14.8. The summed E-state index contributed by atoms with van der Waals surface area (Å²) in [5.74, 6) is 0.506. The number of hydroxylamine groups is 1. The van der Waals surface area contributed by atoms with E-state index in [1.165, 1.54) is 0 Å². The Bertz CT molecular complexity index is 574. The highest BCUT2D eigenvalue weighted by Crippen LogP contribution is 2.37. The monoisotopic (exact) mass is 292 g/mol. The van der Waals surface area contributed by atoms with Gasteiger partial charge in [0.2, 0.25) is 18.6 Å². The second-order valence-corrected chi connectivity index (χ2v) is 4.84. The lowest BCUT2D eigenvalue weighted by molar-refractivity contribution is -0.137. The molecule has 112 valence electrons. The highest BCUT2D eigenvalue weighted by Gasteiger charge is 2.35. The van der Waals surface area contributed by atoms with Crippen LogP contribution in [0.2, 0.25) is 0 Å². The number of nitrogens with zero attached hydrogens (tertiary/aromatic N) is 1. The summed E-state index contributed by atoms with van der Waals surface area (Å²) >= 11 is 0. The van der Waals surface area contributed by atoms with Crippen LogP contribution in [0.25, 0.3) is 0 Å². The van der Waals surface area contributed by atoms with Gasteiger partial charge >= 0.3 is 0 Å². The summed E-state index contributed by atoms with van der Waals surface area (Å²) in [7, 11) is 0. The molecule has 1 atom stereocenters. The van der Waals surface area contributed by atoms with E-state index in [1.54, 1.807) is 30.0 Å². The molecule has 0 radical (unpaired) electrons. The first-order valence-electron chi connectivity index (χ1n) is 6.80. The highest BCUT2D eigenvalue weighted by atomic mass is 16.7. The molecule has 2 heterocycles. The average molecular weight is 292 g/mol. The molecule has 1 fully saturated rings. The van der Waals surface area contributed by atoms with Gasteiger partial charge in [-0.25, -0.2) is 5.48 Å². The van der Waals surface area contributed by atoms with Crippen LogP contribution in [-0.4, -0.2) is 31.8 Å². The minimum absolute atomic E-state index is 0.0921. The number of hydrogen-bond donors (Lipinski definition) is 1. The number of carbonyl (C=O) groups is 2. The maximum atomic E-state index is 12.1. The van der Waals surface area contributed by atoms with Crippen molar-refractivity contribution in [1.82, 2.24) is 5.48 Å². The maximum Gasteiger partial charge on any atom is 0.248 e. The van der Waals surface area contributed by atoms with Crippen molar-refractivity contribution in [3.8, 4) is 11.5 Å². The number of nitrogens with one attached hydrogen (secondary N) is 1. The van der Waals surface area contributed by atoms with Crippen molar-refractivity contribution in [2.75, 3.05) is 24.8 Å².